The number of amides is 1. The third-order valence-corrected chi connectivity index (χ3v) is 5.24. The van der Waals surface area contributed by atoms with Crippen LogP contribution in [-0.4, -0.2) is 41.0 Å². The third-order valence-electron chi connectivity index (χ3n) is 5.24. The van der Waals surface area contributed by atoms with Crippen LogP contribution in [0.1, 0.15) is 33.6 Å². The van der Waals surface area contributed by atoms with Gasteiger partial charge in [-0.15, -0.1) is 0 Å². The van der Waals surface area contributed by atoms with E-state index in [4.69, 9.17) is 13.9 Å². The molecule has 13 heteroatoms. The van der Waals surface area contributed by atoms with Crippen LogP contribution >= 0.6 is 0 Å². The zero-order chi connectivity index (χ0) is 25.1. The molecular weight excluding hydrogens is 466 g/mol. The first kappa shape index (κ1) is 23.5. The Kier molecular flexibility index (Phi) is 6.51. The number of nitrogens with one attached hydrogen (secondary N) is 1. The molecule has 2 heterocycles. The number of nitrogens with zero attached hydrogens (tertiary/aromatic N) is 2. The average Bonchev–Trinajstić information content (AvgIpc) is 3.35. The van der Waals surface area contributed by atoms with Crippen molar-refractivity contribution in [1.82, 2.24) is 5.32 Å². The molecule has 0 aliphatic carbocycles. The molecule has 180 valence electrons. The minimum atomic E-state index is -1.09. The fourth-order valence-electron chi connectivity index (χ4n) is 3.51. The molecule has 1 saturated heterocycles. The first-order valence-electron chi connectivity index (χ1n) is 10.3. The number of rotatable bonds is 7. The van der Waals surface area contributed by atoms with Crippen LogP contribution in [0.3, 0.4) is 0 Å². The van der Waals surface area contributed by atoms with Crippen molar-refractivity contribution in [2.24, 2.45) is 0 Å². The lowest BCUT2D eigenvalue weighted by molar-refractivity contribution is -0.394. The number of fused-ring (bicyclic) bond motifs is 1. The third kappa shape index (κ3) is 5.30. The van der Waals surface area contributed by atoms with Crippen LogP contribution in [0.15, 0.2) is 51.7 Å². The van der Waals surface area contributed by atoms with Crippen LogP contribution in [0.2, 0.25) is 0 Å². The van der Waals surface area contributed by atoms with E-state index in [0.717, 1.165) is 31.0 Å². The quantitative estimate of drug-likeness (QED) is 0.172. The van der Waals surface area contributed by atoms with Crippen molar-refractivity contribution in [3.63, 3.8) is 0 Å². The Morgan fingerprint density at radius 1 is 1.06 bits per heavy atom. The van der Waals surface area contributed by atoms with Gasteiger partial charge < -0.3 is 19.2 Å². The summed E-state index contributed by atoms with van der Waals surface area (Å²) >= 11 is 0. The number of nitro groups is 2. The molecule has 0 spiro atoms. The molecule has 0 bridgehead atoms. The van der Waals surface area contributed by atoms with Crippen molar-refractivity contribution in [2.45, 2.75) is 18.9 Å². The lowest BCUT2D eigenvalue weighted by Gasteiger charge is -2.10. The van der Waals surface area contributed by atoms with E-state index in [-0.39, 0.29) is 29.5 Å². The summed E-state index contributed by atoms with van der Waals surface area (Å²) in [4.78, 5) is 57.5. The number of esters is 1. The van der Waals surface area contributed by atoms with Crippen LogP contribution in [0.25, 0.3) is 11.0 Å². The highest BCUT2D eigenvalue weighted by Gasteiger charge is 2.22. The van der Waals surface area contributed by atoms with Crippen molar-refractivity contribution in [1.29, 1.82) is 0 Å². The van der Waals surface area contributed by atoms with Gasteiger partial charge in [-0.25, -0.2) is 9.59 Å². The largest absolute Gasteiger partial charge is 0.423 e. The molecule has 1 aliphatic heterocycles. The van der Waals surface area contributed by atoms with E-state index in [1.165, 1.54) is 24.3 Å². The molecule has 2 aromatic carbocycles. The van der Waals surface area contributed by atoms with E-state index in [1.54, 1.807) is 0 Å². The summed E-state index contributed by atoms with van der Waals surface area (Å²) in [5.74, 6) is -1.79. The topological polar surface area (TPSA) is 181 Å². The Morgan fingerprint density at radius 2 is 1.77 bits per heavy atom. The van der Waals surface area contributed by atoms with Gasteiger partial charge in [0.2, 0.25) is 0 Å². The van der Waals surface area contributed by atoms with Gasteiger partial charge in [-0.05, 0) is 31.0 Å². The van der Waals surface area contributed by atoms with Gasteiger partial charge in [0.05, 0.1) is 27.6 Å². The molecule has 3 aromatic rings. The number of benzene rings is 2. The Balaban J connectivity index is 1.54. The summed E-state index contributed by atoms with van der Waals surface area (Å²) in [7, 11) is 0. The van der Waals surface area contributed by atoms with E-state index >= 15 is 0 Å². The zero-order valence-electron chi connectivity index (χ0n) is 17.9. The smallest absolute Gasteiger partial charge is 0.349 e. The number of nitro benzene ring substituents is 2. The summed E-state index contributed by atoms with van der Waals surface area (Å²) in [6.45, 7) is 0.893. The predicted molar refractivity (Wildman–Crippen MR) is 119 cm³/mol. The van der Waals surface area contributed by atoms with Crippen LogP contribution in [0.4, 0.5) is 11.4 Å². The maximum Gasteiger partial charge on any atom is 0.349 e. The molecule has 0 radical (unpaired) electrons. The number of hydrogen-bond acceptors (Lipinski definition) is 10. The molecule has 35 heavy (non-hydrogen) atoms. The van der Waals surface area contributed by atoms with Crippen LogP contribution in [-0.2, 0) is 4.74 Å². The van der Waals surface area contributed by atoms with Gasteiger partial charge in [-0.1, -0.05) is 0 Å². The zero-order valence-corrected chi connectivity index (χ0v) is 17.9. The Hall–Kier alpha value is -4.65. The van der Waals surface area contributed by atoms with Gasteiger partial charge in [0.15, 0.2) is 0 Å². The lowest BCUT2D eigenvalue weighted by Crippen LogP contribution is -2.34. The summed E-state index contributed by atoms with van der Waals surface area (Å²) in [6.07, 6.45) is 1.62. The van der Waals surface area contributed by atoms with Gasteiger partial charge in [0, 0.05) is 36.7 Å². The van der Waals surface area contributed by atoms with Crippen LogP contribution in [0.5, 0.6) is 5.75 Å². The second-order valence-corrected chi connectivity index (χ2v) is 7.63. The highest BCUT2D eigenvalue weighted by Crippen LogP contribution is 2.25. The molecule has 1 aromatic heterocycles. The fourth-order valence-corrected chi connectivity index (χ4v) is 3.51. The van der Waals surface area contributed by atoms with Crippen LogP contribution < -0.4 is 15.7 Å². The summed E-state index contributed by atoms with van der Waals surface area (Å²) in [5, 5.41) is 25.1. The second kappa shape index (κ2) is 9.69. The minimum absolute atomic E-state index is 0.0148. The molecule has 1 fully saturated rings. The molecule has 1 unspecified atom stereocenters. The fraction of sp³-hybridized carbons (Fsp3) is 0.227. The van der Waals surface area contributed by atoms with E-state index in [1.807, 2.05) is 0 Å². The molecule has 1 atom stereocenters. The first-order chi connectivity index (χ1) is 16.7. The number of ether oxygens (including phenoxy) is 2. The van der Waals surface area contributed by atoms with Gasteiger partial charge >= 0.3 is 11.6 Å². The van der Waals surface area contributed by atoms with Crippen molar-refractivity contribution in [3.8, 4) is 5.75 Å². The normalized spacial score (nSPS) is 15.0. The Labute approximate surface area is 195 Å². The van der Waals surface area contributed by atoms with E-state index in [9.17, 15) is 34.6 Å². The molecule has 1 amide bonds. The lowest BCUT2D eigenvalue weighted by atomic mass is 10.1. The number of carbonyl (C=O) groups excluding carboxylic acids is 2. The Bertz CT molecular complexity index is 1380. The van der Waals surface area contributed by atoms with Gasteiger partial charge in [0.25, 0.3) is 17.3 Å². The molecule has 1 aliphatic rings. The SMILES string of the molecule is O=C(Oc1ccc2cc(C(=O)NCC3CCCO3)c(=O)oc2c1)c1cc([N+](=O)[O-])cc([N+](=O)[O-])c1. The van der Waals surface area contributed by atoms with E-state index < -0.39 is 44.3 Å². The molecule has 0 saturated carbocycles. The molecule has 4 rings (SSSR count). The number of non-ortho nitro benzene ring substituents is 2. The van der Waals surface area contributed by atoms with Gasteiger partial charge in [-0.3, -0.25) is 25.0 Å². The monoisotopic (exact) mass is 483 g/mol. The molecular formula is C22H17N3O10. The van der Waals surface area contributed by atoms with E-state index in [0.29, 0.717) is 12.0 Å². The van der Waals surface area contributed by atoms with Gasteiger partial charge in [-0.2, -0.15) is 0 Å². The Morgan fingerprint density at radius 3 is 2.40 bits per heavy atom. The average molecular weight is 483 g/mol. The minimum Gasteiger partial charge on any atom is -0.423 e. The number of hydrogen-bond donors (Lipinski definition) is 1. The summed E-state index contributed by atoms with van der Waals surface area (Å²) in [6, 6.07) is 7.75. The standard InChI is InChI=1S/C22H17N3O10/c26-20(23-11-17-2-1-5-33-17)18-8-12-3-4-16(10-19(12)35-22(18)28)34-21(27)13-6-14(24(29)30)9-15(7-13)25(31)32/h3-4,6-10,17H,1-2,5,11H2,(H,23,26). The molecule has 13 nitrogen and oxygen atoms in total. The van der Waals surface area contributed by atoms with Gasteiger partial charge in [0.1, 0.15) is 16.9 Å². The van der Waals surface area contributed by atoms with Crippen molar-refractivity contribution in [2.75, 3.05) is 13.2 Å². The maximum atomic E-state index is 12.5. The predicted octanol–water partition coefficient (Wildman–Crippen LogP) is 2.74. The maximum absolute atomic E-state index is 12.5. The summed E-state index contributed by atoms with van der Waals surface area (Å²) in [5.41, 5.74) is -2.81. The van der Waals surface area contributed by atoms with E-state index in [2.05, 4.69) is 5.32 Å². The van der Waals surface area contributed by atoms with Crippen molar-refractivity contribution in [3.05, 3.63) is 84.2 Å². The highest BCUT2D eigenvalue weighted by atomic mass is 16.6. The second-order valence-electron chi connectivity index (χ2n) is 7.63. The van der Waals surface area contributed by atoms with Crippen molar-refractivity contribution >= 4 is 34.2 Å². The highest BCUT2D eigenvalue weighted by molar-refractivity contribution is 5.97. The summed E-state index contributed by atoms with van der Waals surface area (Å²) < 4.78 is 15.8. The number of carbonyl (C=O) groups is 2. The first-order valence-corrected chi connectivity index (χ1v) is 10.3. The molecule has 1 N–H and O–H groups in total. The van der Waals surface area contributed by atoms with Crippen LogP contribution in [0, 0.1) is 20.2 Å². The van der Waals surface area contributed by atoms with Crippen molar-refractivity contribution < 1.29 is 33.3 Å².